The largest absolute Gasteiger partial charge is 0.378 e. The van der Waals surface area contributed by atoms with Gasteiger partial charge < -0.3 is 15.4 Å². The topological polar surface area (TPSA) is 59.1 Å². The number of anilines is 2. The molecule has 1 aliphatic rings. The Balaban J connectivity index is 1.90. The minimum Gasteiger partial charge on any atom is -0.378 e. The third kappa shape index (κ3) is 3.32. The number of nitrogens with one attached hydrogen (secondary N) is 2. The summed E-state index contributed by atoms with van der Waals surface area (Å²) in [5.74, 6) is 1.60. The summed E-state index contributed by atoms with van der Waals surface area (Å²) in [6, 6.07) is 2.46. The van der Waals surface area contributed by atoms with Crippen molar-refractivity contribution in [1.82, 2.24) is 9.97 Å². The predicted molar refractivity (Wildman–Crippen MR) is 73.0 cm³/mol. The molecule has 1 heterocycles. The van der Waals surface area contributed by atoms with Gasteiger partial charge in [-0.05, 0) is 33.6 Å². The normalized spacial score (nSPS) is 22.4. The van der Waals surface area contributed by atoms with Gasteiger partial charge in [0.25, 0.3) is 0 Å². The highest BCUT2D eigenvalue weighted by Gasteiger charge is 2.29. The molecule has 1 aromatic rings. The van der Waals surface area contributed by atoms with E-state index in [9.17, 15) is 0 Å². The van der Waals surface area contributed by atoms with Crippen molar-refractivity contribution in [2.45, 2.75) is 45.8 Å². The number of hydrogen-bond donors (Lipinski definition) is 2. The van der Waals surface area contributed by atoms with Gasteiger partial charge in [0.15, 0.2) is 0 Å². The maximum absolute atomic E-state index is 5.55. The van der Waals surface area contributed by atoms with Crippen molar-refractivity contribution in [3.8, 4) is 0 Å². The molecule has 0 bridgehead atoms. The molecule has 100 valence electrons. The van der Waals surface area contributed by atoms with Gasteiger partial charge in [0, 0.05) is 31.0 Å². The van der Waals surface area contributed by atoms with Gasteiger partial charge in [-0.25, -0.2) is 4.98 Å². The molecule has 18 heavy (non-hydrogen) atoms. The van der Waals surface area contributed by atoms with Crippen LogP contribution in [0.2, 0.25) is 0 Å². The maximum Gasteiger partial charge on any atom is 0.224 e. The van der Waals surface area contributed by atoms with Crippen molar-refractivity contribution in [1.29, 1.82) is 0 Å². The van der Waals surface area contributed by atoms with Crippen LogP contribution in [0.25, 0.3) is 0 Å². The zero-order chi connectivity index (χ0) is 13.0. The lowest BCUT2D eigenvalue weighted by atomic mass is 9.89. The molecule has 0 unspecified atom stereocenters. The zero-order valence-electron chi connectivity index (χ0n) is 11.4. The molecule has 0 radical (unpaired) electrons. The van der Waals surface area contributed by atoms with Crippen molar-refractivity contribution < 1.29 is 4.74 Å². The van der Waals surface area contributed by atoms with Gasteiger partial charge in [0.2, 0.25) is 5.95 Å². The van der Waals surface area contributed by atoms with E-state index in [0.29, 0.717) is 18.1 Å². The summed E-state index contributed by atoms with van der Waals surface area (Å²) in [5, 5.41) is 6.58. The molecule has 1 saturated carbocycles. The first-order chi connectivity index (χ1) is 8.71. The second kappa shape index (κ2) is 6.00. The van der Waals surface area contributed by atoms with E-state index >= 15 is 0 Å². The number of rotatable bonds is 6. The Labute approximate surface area is 108 Å². The Morgan fingerprint density at radius 1 is 1.33 bits per heavy atom. The van der Waals surface area contributed by atoms with Crippen molar-refractivity contribution in [3.05, 3.63) is 11.8 Å². The van der Waals surface area contributed by atoms with Crippen molar-refractivity contribution in [2.24, 2.45) is 0 Å². The SMILES string of the molecule is CCNc1nc(C)cc(NC2CC(OCC)C2)n1. The van der Waals surface area contributed by atoms with Crippen molar-refractivity contribution in [2.75, 3.05) is 23.8 Å². The van der Waals surface area contributed by atoms with E-state index in [1.54, 1.807) is 0 Å². The zero-order valence-corrected chi connectivity index (χ0v) is 11.4. The molecule has 0 saturated heterocycles. The molecule has 0 aliphatic heterocycles. The highest BCUT2D eigenvalue weighted by atomic mass is 16.5. The summed E-state index contributed by atoms with van der Waals surface area (Å²) in [7, 11) is 0. The van der Waals surface area contributed by atoms with Gasteiger partial charge >= 0.3 is 0 Å². The summed E-state index contributed by atoms with van der Waals surface area (Å²) in [6.45, 7) is 7.69. The van der Waals surface area contributed by atoms with Gasteiger partial charge in [0.05, 0.1) is 6.10 Å². The number of ether oxygens (including phenoxy) is 1. The average Bonchev–Trinajstić information content (AvgIpc) is 2.26. The van der Waals surface area contributed by atoms with Crippen LogP contribution >= 0.6 is 0 Å². The molecule has 5 heteroatoms. The van der Waals surface area contributed by atoms with E-state index in [0.717, 1.165) is 37.5 Å². The van der Waals surface area contributed by atoms with E-state index in [-0.39, 0.29) is 0 Å². The fourth-order valence-electron chi connectivity index (χ4n) is 2.14. The molecule has 2 N–H and O–H groups in total. The lowest BCUT2D eigenvalue weighted by Gasteiger charge is -2.35. The van der Waals surface area contributed by atoms with Crippen LogP contribution in [0.15, 0.2) is 6.07 Å². The highest BCUT2D eigenvalue weighted by molar-refractivity contribution is 5.43. The third-order valence-corrected chi connectivity index (χ3v) is 3.04. The van der Waals surface area contributed by atoms with Crippen LogP contribution < -0.4 is 10.6 Å². The smallest absolute Gasteiger partial charge is 0.224 e. The minimum absolute atomic E-state index is 0.420. The van der Waals surface area contributed by atoms with Gasteiger partial charge in [-0.15, -0.1) is 0 Å². The molecule has 0 amide bonds. The number of nitrogens with zero attached hydrogens (tertiary/aromatic N) is 2. The summed E-state index contributed by atoms with van der Waals surface area (Å²) in [5.41, 5.74) is 0.976. The number of aryl methyl sites for hydroxylation is 1. The standard InChI is InChI=1S/C13H22N4O/c1-4-14-13-15-9(3)6-12(17-13)16-10-7-11(8-10)18-5-2/h6,10-11H,4-5,7-8H2,1-3H3,(H2,14,15,16,17). The molecule has 1 aromatic heterocycles. The van der Waals surface area contributed by atoms with Crippen LogP contribution in [0.5, 0.6) is 0 Å². The molecule has 0 aromatic carbocycles. The Morgan fingerprint density at radius 2 is 2.11 bits per heavy atom. The van der Waals surface area contributed by atoms with Gasteiger partial charge in [0.1, 0.15) is 5.82 Å². The summed E-state index contributed by atoms with van der Waals surface area (Å²) in [6.07, 6.45) is 2.55. The molecule has 0 spiro atoms. The Hall–Kier alpha value is -1.36. The van der Waals surface area contributed by atoms with E-state index in [1.807, 2.05) is 26.8 Å². The molecular weight excluding hydrogens is 228 g/mol. The van der Waals surface area contributed by atoms with Crippen LogP contribution in [0.1, 0.15) is 32.4 Å². The number of hydrogen-bond acceptors (Lipinski definition) is 5. The third-order valence-electron chi connectivity index (χ3n) is 3.04. The summed E-state index contributed by atoms with van der Waals surface area (Å²) >= 11 is 0. The van der Waals surface area contributed by atoms with Crippen LogP contribution in [-0.4, -0.2) is 35.3 Å². The highest BCUT2D eigenvalue weighted by Crippen LogP contribution is 2.26. The fourth-order valence-corrected chi connectivity index (χ4v) is 2.14. The van der Waals surface area contributed by atoms with Gasteiger partial charge in [-0.2, -0.15) is 4.98 Å². The number of aromatic nitrogens is 2. The summed E-state index contributed by atoms with van der Waals surface area (Å²) < 4.78 is 5.55. The molecule has 1 fully saturated rings. The first-order valence-electron chi connectivity index (χ1n) is 6.69. The van der Waals surface area contributed by atoms with E-state index < -0.39 is 0 Å². The van der Waals surface area contributed by atoms with Crippen molar-refractivity contribution in [3.63, 3.8) is 0 Å². The predicted octanol–water partition coefficient (Wildman–Crippen LogP) is 2.20. The van der Waals surface area contributed by atoms with Crippen LogP contribution in [-0.2, 0) is 4.74 Å². The monoisotopic (exact) mass is 250 g/mol. The van der Waals surface area contributed by atoms with E-state index in [2.05, 4.69) is 20.6 Å². The second-order valence-electron chi connectivity index (χ2n) is 4.64. The quantitative estimate of drug-likeness (QED) is 0.810. The van der Waals surface area contributed by atoms with E-state index in [1.165, 1.54) is 0 Å². The average molecular weight is 250 g/mol. The van der Waals surface area contributed by atoms with Crippen LogP contribution in [0.3, 0.4) is 0 Å². The molecular formula is C13H22N4O. The fraction of sp³-hybridized carbons (Fsp3) is 0.692. The molecule has 5 nitrogen and oxygen atoms in total. The molecule has 1 aliphatic carbocycles. The van der Waals surface area contributed by atoms with E-state index in [4.69, 9.17) is 4.74 Å². The lowest BCUT2D eigenvalue weighted by Crippen LogP contribution is -2.41. The lowest BCUT2D eigenvalue weighted by molar-refractivity contribution is 0.00293. The van der Waals surface area contributed by atoms with Crippen LogP contribution in [0, 0.1) is 6.92 Å². The minimum atomic E-state index is 0.420. The summed E-state index contributed by atoms with van der Waals surface area (Å²) in [4.78, 5) is 8.77. The first-order valence-corrected chi connectivity index (χ1v) is 6.69. The first kappa shape index (κ1) is 13.1. The Kier molecular flexibility index (Phi) is 4.36. The second-order valence-corrected chi connectivity index (χ2v) is 4.64. The van der Waals surface area contributed by atoms with Gasteiger partial charge in [-0.3, -0.25) is 0 Å². The molecule has 0 atom stereocenters. The van der Waals surface area contributed by atoms with Crippen molar-refractivity contribution >= 4 is 11.8 Å². The van der Waals surface area contributed by atoms with Crippen LogP contribution in [0.4, 0.5) is 11.8 Å². The van der Waals surface area contributed by atoms with Gasteiger partial charge in [-0.1, -0.05) is 0 Å². The Bertz CT molecular complexity index is 391. The molecule has 2 rings (SSSR count). The maximum atomic E-state index is 5.55. The Morgan fingerprint density at radius 3 is 2.78 bits per heavy atom.